The van der Waals surface area contributed by atoms with Crippen molar-refractivity contribution in [2.75, 3.05) is 26.3 Å². The van der Waals surface area contributed by atoms with E-state index >= 15 is 0 Å². The zero-order chi connectivity index (χ0) is 20.3. The van der Waals surface area contributed by atoms with Gasteiger partial charge < -0.3 is 9.64 Å². The first-order valence-corrected chi connectivity index (χ1v) is 10.5. The smallest absolute Gasteiger partial charge is 0.229 e. The molecule has 2 saturated heterocycles. The minimum atomic E-state index is -0.853. The lowest BCUT2D eigenvalue weighted by molar-refractivity contribution is -0.149. The molecule has 0 saturated carbocycles. The summed E-state index contributed by atoms with van der Waals surface area (Å²) < 4.78 is 32.5. The minimum Gasteiger partial charge on any atom is -0.381 e. The van der Waals surface area contributed by atoms with E-state index in [0.29, 0.717) is 25.2 Å². The molecule has 2 aromatic carbocycles. The number of ether oxygens (including phenoxy) is 1. The standard InChI is InChI=1S/C24H27F2NO2/c25-21-8-7-20(16-22(21)26)19-6-4-5-18(15-19)17-24(9-13-29-14-10-24)23(28)27-11-2-1-3-12-27/h4-8,15-16H,1-3,9-14,17H2. The average molecular weight is 399 g/mol. The number of amides is 1. The van der Waals surface area contributed by atoms with Crippen LogP contribution in [0.5, 0.6) is 0 Å². The number of hydrogen-bond donors (Lipinski definition) is 0. The molecule has 154 valence electrons. The van der Waals surface area contributed by atoms with E-state index in [1.54, 1.807) is 6.07 Å². The highest BCUT2D eigenvalue weighted by molar-refractivity contribution is 5.83. The van der Waals surface area contributed by atoms with Crippen LogP contribution in [0.3, 0.4) is 0 Å². The maximum Gasteiger partial charge on any atom is 0.229 e. The molecule has 0 radical (unpaired) electrons. The van der Waals surface area contributed by atoms with Crippen molar-refractivity contribution in [3.8, 4) is 11.1 Å². The molecule has 0 aromatic heterocycles. The number of benzene rings is 2. The number of nitrogens with zero attached hydrogens (tertiary/aromatic N) is 1. The maximum atomic E-state index is 13.7. The van der Waals surface area contributed by atoms with Gasteiger partial charge >= 0.3 is 0 Å². The zero-order valence-electron chi connectivity index (χ0n) is 16.6. The van der Waals surface area contributed by atoms with Crippen molar-refractivity contribution in [2.24, 2.45) is 5.41 Å². The Morgan fingerprint density at radius 1 is 0.931 bits per heavy atom. The Balaban J connectivity index is 1.60. The molecular weight excluding hydrogens is 372 g/mol. The van der Waals surface area contributed by atoms with Crippen LogP contribution in [0.25, 0.3) is 11.1 Å². The number of hydrogen-bond acceptors (Lipinski definition) is 2. The van der Waals surface area contributed by atoms with E-state index in [1.807, 2.05) is 29.2 Å². The number of halogens is 2. The molecule has 2 aliphatic heterocycles. The monoisotopic (exact) mass is 399 g/mol. The SMILES string of the molecule is O=C(N1CCCCC1)C1(Cc2cccc(-c3ccc(F)c(F)c3)c2)CCOCC1. The highest BCUT2D eigenvalue weighted by Crippen LogP contribution is 2.38. The fourth-order valence-corrected chi connectivity index (χ4v) is 4.59. The van der Waals surface area contributed by atoms with Gasteiger partial charge in [-0.15, -0.1) is 0 Å². The molecule has 0 N–H and O–H groups in total. The Hall–Kier alpha value is -2.27. The molecule has 0 spiro atoms. The molecule has 2 aliphatic rings. The first kappa shape index (κ1) is 20.0. The fraction of sp³-hybridized carbons (Fsp3) is 0.458. The van der Waals surface area contributed by atoms with Crippen LogP contribution in [0, 0.1) is 17.0 Å². The summed E-state index contributed by atoms with van der Waals surface area (Å²) in [6, 6.07) is 11.8. The molecule has 2 fully saturated rings. The Morgan fingerprint density at radius 2 is 1.66 bits per heavy atom. The zero-order valence-corrected chi connectivity index (χ0v) is 16.6. The van der Waals surface area contributed by atoms with Crippen LogP contribution in [-0.2, 0) is 16.0 Å². The molecule has 3 nitrogen and oxygen atoms in total. The topological polar surface area (TPSA) is 29.5 Å². The number of rotatable bonds is 4. The number of likely N-dealkylation sites (tertiary alicyclic amines) is 1. The summed E-state index contributed by atoms with van der Waals surface area (Å²) in [4.78, 5) is 15.5. The normalized spacial score (nSPS) is 19.2. The van der Waals surface area contributed by atoms with E-state index in [9.17, 15) is 13.6 Å². The van der Waals surface area contributed by atoms with Crippen LogP contribution >= 0.6 is 0 Å². The second-order valence-corrected chi connectivity index (χ2v) is 8.25. The van der Waals surface area contributed by atoms with Crippen molar-refractivity contribution in [2.45, 2.75) is 38.5 Å². The molecule has 2 aromatic rings. The van der Waals surface area contributed by atoms with Gasteiger partial charge in [0.2, 0.25) is 5.91 Å². The van der Waals surface area contributed by atoms with Crippen molar-refractivity contribution < 1.29 is 18.3 Å². The lowest BCUT2D eigenvalue weighted by Crippen LogP contribution is -2.49. The summed E-state index contributed by atoms with van der Waals surface area (Å²) in [7, 11) is 0. The summed E-state index contributed by atoms with van der Waals surface area (Å²) in [5, 5.41) is 0. The largest absolute Gasteiger partial charge is 0.381 e. The van der Waals surface area contributed by atoms with Crippen LogP contribution in [0.15, 0.2) is 42.5 Å². The van der Waals surface area contributed by atoms with Gasteiger partial charge in [0.05, 0.1) is 5.41 Å². The lowest BCUT2D eigenvalue weighted by Gasteiger charge is -2.41. The molecule has 29 heavy (non-hydrogen) atoms. The fourth-order valence-electron chi connectivity index (χ4n) is 4.59. The van der Waals surface area contributed by atoms with Gasteiger partial charge in [-0.05, 0) is 67.3 Å². The summed E-state index contributed by atoms with van der Waals surface area (Å²) in [6.07, 6.45) is 5.42. The van der Waals surface area contributed by atoms with Crippen molar-refractivity contribution in [3.63, 3.8) is 0 Å². The van der Waals surface area contributed by atoms with Gasteiger partial charge in [-0.25, -0.2) is 8.78 Å². The van der Waals surface area contributed by atoms with Gasteiger partial charge in [0.25, 0.3) is 0 Å². The minimum absolute atomic E-state index is 0.249. The van der Waals surface area contributed by atoms with Gasteiger partial charge in [-0.1, -0.05) is 30.3 Å². The van der Waals surface area contributed by atoms with Crippen LogP contribution in [0.4, 0.5) is 8.78 Å². The second-order valence-electron chi connectivity index (χ2n) is 8.25. The third-order valence-corrected chi connectivity index (χ3v) is 6.27. The van der Waals surface area contributed by atoms with E-state index < -0.39 is 17.0 Å². The Bertz CT molecular complexity index is 871. The number of piperidine rings is 1. The van der Waals surface area contributed by atoms with Crippen molar-refractivity contribution in [1.82, 2.24) is 4.90 Å². The highest BCUT2D eigenvalue weighted by atomic mass is 19.2. The molecule has 4 rings (SSSR count). The Labute approximate surface area is 170 Å². The molecule has 0 unspecified atom stereocenters. The van der Waals surface area contributed by atoms with E-state index in [1.165, 1.54) is 12.5 Å². The van der Waals surface area contributed by atoms with Gasteiger partial charge in [0.1, 0.15) is 0 Å². The summed E-state index contributed by atoms with van der Waals surface area (Å²) in [5.74, 6) is -1.45. The van der Waals surface area contributed by atoms with Gasteiger partial charge in [0.15, 0.2) is 11.6 Å². The molecule has 0 atom stereocenters. The number of carbonyl (C=O) groups is 1. The van der Waals surface area contributed by atoms with Crippen molar-refractivity contribution in [3.05, 3.63) is 59.7 Å². The van der Waals surface area contributed by atoms with E-state index in [4.69, 9.17) is 4.74 Å². The van der Waals surface area contributed by atoms with Crippen molar-refractivity contribution >= 4 is 5.91 Å². The molecular formula is C24H27F2NO2. The quantitative estimate of drug-likeness (QED) is 0.725. The van der Waals surface area contributed by atoms with E-state index in [-0.39, 0.29) is 5.91 Å². The number of carbonyl (C=O) groups excluding carboxylic acids is 1. The Kier molecular flexibility index (Phi) is 5.95. The van der Waals surface area contributed by atoms with Crippen LogP contribution in [0.2, 0.25) is 0 Å². The highest BCUT2D eigenvalue weighted by Gasteiger charge is 2.42. The van der Waals surface area contributed by atoms with Crippen LogP contribution < -0.4 is 0 Å². The van der Waals surface area contributed by atoms with Gasteiger partial charge in [0, 0.05) is 26.3 Å². The van der Waals surface area contributed by atoms with Crippen LogP contribution in [-0.4, -0.2) is 37.1 Å². The maximum absolute atomic E-state index is 13.7. The predicted molar refractivity (Wildman–Crippen MR) is 108 cm³/mol. The lowest BCUT2D eigenvalue weighted by atomic mass is 9.73. The summed E-state index contributed by atoms with van der Waals surface area (Å²) >= 11 is 0. The van der Waals surface area contributed by atoms with Crippen LogP contribution in [0.1, 0.15) is 37.7 Å². The van der Waals surface area contributed by atoms with Gasteiger partial charge in [-0.2, -0.15) is 0 Å². The first-order chi connectivity index (χ1) is 14.1. The van der Waals surface area contributed by atoms with Gasteiger partial charge in [-0.3, -0.25) is 4.79 Å². The van der Waals surface area contributed by atoms with Crippen molar-refractivity contribution in [1.29, 1.82) is 0 Å². The molecule has 1 amide bonds. The third kappa shape index (κ3) is 4.35. The molecule has 2 heterocycles. The summed E-state index contributed by atoms with van der Waals surface area (Å²) in [5.41, 5.74) is 2.06. The molecule has 0 aliphatic carbocycles. The van der Waals surface area contributed by atoms with E-state index in [2.05, 4.69) is 0 Å². The Morgan fingerprint density at radius 3 is 2.38 bits per heavy atom. The summed E-state index contributed by atoms with van der Waals surface area (Å²) in [6.45, 7) is 2.89. The van der Waals surface area contributed by atoms with E-state index in [0.717, 1.165) is 56.0 Å². The first-order valence-electron chi connectivity index (χ1n) is 10.5. The molecule has 0 bridgehead atoms. The third-order valence-electron chi connectivity index (χ3n) is 6.27. The predicted octanol–water partition coefficient (Wildman–Crippen LogP) is 4.98. The average Bonchev–Trinajstić information content (AvgIpc) is 2.76. The molecule has 5 heteroatoms. The second kappa shape index (κ2) is 8.62.